The van der Waals surface area contributed by atoms with E-state index in [0.29, 0.717) is 28.9 Å². The zero-order chi connectivity index (χ0) is 29.4. The summed E-state index contributed by atoms with van der Waals surface area (Å²) in [6.07, 6.45) is 3.20. The number of imidazole rings is 1. The topological polar surface area (TPSA) is 80.6 Å². The number of rotatable bonds is 7. The first kappa shape index (κ1) is 27.8. The van der Waals surface area contributed by atoms with E-state index in [0.717, 1.165) is 68.8 Å². The Morgan fingerprint density at radius 1 is 0.884 bits per heavy atom. The van der Waals surface area contributed by atoms with Crippen molar-refractivity contribution in [3.63, 3.8) is 0 Å². The Hall–Kier alpha value is -4.06. The van der Waals surface area contributed by atoms with E-state index in [-0.39, 0.29) is 13.3 Å². The highest BCUT2D eigenvalue weighted by atomic mass is 19.4. The van der Waals surface area contributed by atoms with Gasteiger partial charge in [-0.15, -0.1) is 0 Å². The predicted octanol–water partition coefficient (Wildman–Crippen LogP) is 6.01. The minimum atomic E-state index is -4.39. The molecule has 2 aromatic heterocycles. The van der Waals surface area contributed by atoms with Crippen LogP contribution in [0.25, 0.3) is 11.2 Å². The molecule has 2 fully saturated rings. The molecule has 0 bridgehead atoms. The molecule has 2 aromatic carbocycles. The lowest BCUT2D eigenvalue weighted by Gasteiger charge is -2.35. The van der Waals surface area contributed by atoms with E-state index in [2.05, 4.69) is 30.7 Å². The van der Waals surface area contributed by atoms with Crippen molar-refractivity contribution in [2.75, 3.05) is 43.2 Å². The molecule has 1 aliphatic carbocycles. The van der Waals surface area contributed by atoms with Gasteiger partial charge in [-0.3, -0.25) is 4.90 Å². The number of benzene rings is 2. The Bertz CT molecular complexity index is 1590. The Morgan fingerprint density at radius 2 is 1.70 bits per heavy atom. The molecule has 226 valence electrons. The van der Waals surface area contributed by atoms with Crippen LogP contribution in [0, 0.1) is 0 Å². The second-order valence-corrected chi connectivity index (χ2v) is 11.5. The number of nitrogens with one attached hydrogen (secondary N) is 1. The van der Waals surface area contributed by atoms with Crippen LogP contribution in [0.1, 0.15) is 54.8 Å². The lowest BCUT2D eigenvalue weighted by atomic mass is 9.95. The van der Waals surface area contributed by atoms with Gasteiger partial charge in [0, 0.05) is 45.3 Å². The SMILES string of the molecule is FC(F)(F)c1cccc(CNc2nc(N3CCN(Cc4ccc5c(c4)OCO5)CC3)nc3c2ncn3C2CCCCC2)c1. The van der Waals surface area contributed by atoms with E-state index in [9.17, 15) is 13.2 Å². The van der Waals surface area contributed by atoms with Gasteiger partial charge in [-0.1, -0.05) is 37.5 Å². The number of fused-ring (bicyclic) bond motifs is 2. The first-order valence-corrected chi connectivity index (χ1v) is 14.9. The summed E-state index contributed by atoms with van der Waals surface area (Å²) in [5.41, 5.74) is 2.44. The third-order valence-electron chi connectivity index (χ3n) is 8.59. The fourth-order valence-electron chi connectivity index (χ4n) is 6.24. The van der Waals surface area contributed by atoms with Crippen LogP contribution in [0.15, 0.2) is 48.8 Å². The maximum absolute atomic E-state index is 13.3. The molecule has 0 amide bonds. The molecule has 1 saturated heterocycles. The van der Waals surface area contributed by atoms with Crippen LogP contribution in [0.2, 0.25) is 0 Å². The van der Waals surface area contributed by atoms with Gasteiger partial charge in [-0.05, 0) is 48.2 Å². The summed E-state index contributed by atoms with van der Waals surface area (Å²) in [5.74, 6) is 2.72. The second-order valence-electron chi connectivity index (χ2n) is 11.5. The summed E-state index contributed by atoms with van der Waals surface area (Å²) in [5, 5.41) is 3.29. The van der Waals surface area contributed by atoms with Crippen molar-refractivity contribution in [2.24, 2.45) is 0 Å². The number of hydrogen-bond donors (Lipinski definition) is 1. The number of anilines is 2. The average Bonchev–Trinajstić information content (AvgIpc) is 3.67. The van der Waals surface area contributed by atoms with Crippen LogP contribution in [0.3, 0.4) is 0 Å². The minimum Gasteiger partial charge on any atom is -0.454 e. The number of piperazine rings is 1. The molecule has 1 N–H and O–H groups in total. The summed E-state index contributed by atoms with van der Waals surface area (Å²) in [7, 11) is 0. The lowest BCUT2D eigenvalue weighted by Crippen LogP contribution is -2.46. The molecule has 0 unspecified atom stereocenters. The van der Waals surface area contributed by atoms with Crippen molar-refractivity contribution in [1.29, 1.82) is 0 Å². The average molecular weight is 594 g/mol. The van der Waals surface area contributed by atoms with E-state index in [1.807, 2.05) is 18.5 Å². The minimum absolute atomic E-state index is 0.190. The maximum atomic E-state index is 13.3. The van der Waals surface area contributed by atoms with Crippen LogP contribution in [0.5, 0.6) is 11.5 Å². The Kier molecular flexibility index (Phi) is 7.46. The van der Waals surface area contributed by atoms with Crippen molar-refractivity contribution in [2.45, 2.75) is 57.4 Å². The molecule has 3 aliphatic rings. The molecule has 12 heteroatoms. The van der Waals surface area contributed by atoms with E-state index in [1.54, 1.807) is 6.07 Å². The van der Waals surface area contributed by atoms with Crippen LogP contribution >= 0.6 is 0 Å². The first-order chi connectivity index (χ1) is 20.9. The third-order valence-corrected chi connectivity index (χ3v) is 8.59. The molecular formula is C31H34F3N7O2. The number of halogens is 3. The molecular weight excluding hydrogens is 559 g/mol. The number of aromatic nitrogens is 4. The molecule has 2 aliphatic heterocycles. The first-order valence-electron chi connectivity index (χ1n) is 14.9. The number of alkyl halides is 3. The van der Waals surface area contributed by atoms with Gasteiger partial charge in [0.2, 0.25) is 12.7 Å². The van der Waals surface area contributed by atoms with Gasteiger partial charge in [0.1, 0.15) is 0 Å². The smallest absolute Gasteiger partial charge is 0.416 e. The van der Waals surface area contributed by atoms with Gasteiger partial charge < -0.3 is 24.3 Å². The van der Waals surface area contributed by atoms with Gasteiger partial charge >= 0.3 is 6.18 Å². The fraction of sp³-hybridized carbons (Fsp3) is 0.452. The summed E-state index contributed by atoms with van der Waals surface area (Å²) in [4.78, 5) is 19.2. The molecule has 43 heavy (non-hydrogen) atoms. The molecule has 0 radical (unpaired) electrons. The van der Waals surface area contributed by atoms with Crippen LogP contribution < -0.4 is 19.7 Å². The zero-order valence-corrected chi connectivity index (χ0v) is 23.8. The molecule has 7 rings (SSSR count). The van der Waals surface area contributed by atoms with Crippen molar-refractivity contribution in [3.8, 4) is 11.5 Å². The van der Waals surface area contributed by atoms with Gasteiger partial charge in [0.05, 0.1) is 11.9 Å². The van der Waals surface area contributed by atoms with E-state index in [1.165, 1.54) is 37.0 Å². The molecule has 9 nitrogen and oxygen atoms in total. The van der Waals surface area contributed by atoms with Gasteiger partial charge in [-0.25, -0.2) is 4.98 Å². The van der Waals surface area contributed by atoms with E-state index in [4.69, 9.17) is 19.4 Å². The summed E-state index contributed by atoms with van der Waals surface area (Å²) in [6, 6.07) is 11.8. The van der Waals surface area contributed by atoms with Crippen molar-refractivity contribution < 1.29 is 22.6 Å². The maximum Gasteiger partial charge on any atom is 0.416 e. The van der Waals surface area contributed by atoms with E-state index < -0.39 is 11.7 Å². The second kappa shape index (κ2) is 11.6. The molecule has 4 aromatic rings. The standard InChI is InChI=1S/C31H34F3N7O2/c32-31(33,34)23-6-4-5-21(15-23)17-35-28-27-29(41(19-36-27)24-7-2-1-3-8-24)38-30(37-28)40-13-11-39(12-14-40)18-22-9-10-25-26(16-22)43-20-42-25/h4-6,9-10,15-16,19,24H,1-3,7-8,11-14,17-18,20H2,(H,35,37,38). The quantitative estimate of drug-likeness (QED) is 0.279. The zero-order valence-electron chi connectivity index (χ0n) is 23.8. The molecule has 4 heterocycles. The van der Waals surface area contributed by atoms with E-state index >= 15 is 0 Å². The van der Waals surface area contributed by atoms with Crippen molar-refractivity contribution in [3.05, 3.63) is 65.5 Å². The fourth-order valence-corrected chi connectivity index (χ4v) is 6.24. The van der Waals surface area contributed by atoms with Gasteiger partial charge in [-0.2, -0.15) is 23.1 Å². The summed E-state index contributed by atoms with van der Waals surface area (Å²) < 4.78 is 53.1. The monoisotopic (exact) mass is 593 g/mol. The normalized spacial score (nSPS) is 18.0. The highest BCUT2D eigenvalue weighted by Gasteiger charge is 2.30. The van der Waals surface area contributed by atoms with Crippen LogP contribution in [-0.4, -0.2) is 57.4 Å². The van der Waals surface area contributed by atoms with Crippen molar-refractivity contribution >= 4 is 22.9 Å². The van der Waals surface area contributed by atoms with Crippen molar-refractivity contribution in [1.82, 2.24) is 24.4 Å². The lowest BCUT2D eigenvalue weighted by molar-refractivity contribution is -0.137. The molecule has 0 atom stereocenters. The third kappa shape index (κ3) is 5.93. The number of ether oxygens (including phenoxy) is 2. The van der Waals surface area contributed by atoms with Crippen LogP contribution in [-0.2, 0) is 19.3 Å². The Labute approximate surface area is 247 Å². The summed E-state index contributed by atoms with van der Waals surface area (Å²) in [6.45, 7) is 4.44. The predicted molar refractivity (Wildman–Crippen MR) is 156 cm³/mol. The summed E-state index contributed by atoms with van der Waals surface area (Å²) >= 11 is 0. The largest absolute Gasteiger partial charge is 0.454 e. The van der Waals surface area contributed by atoms with Crippen LogP contribution in [0.4, 0.5) is 24.9 Å². The molecule has 0 spiro atoms. The number of hydrogen-bond acceptors (Lipinski definition) is 8. The Morgan fingerprint density at radius 3 is 2.51 bits per heavy atom. The van der Waals surface area contributed by atoms with Gasteiger partial charge in [0.25, 0.3) is 0 Å². The number of nitrogens with zero attached hydrogens (tertiary/aromatic N) is 6. The highest BCUT2D eigenvalue weighted by molar-refractivity contribution is 5.84. The Balaban J connectivity index is 1.11. The van der Waals surface area contributed by atoms with Gasteiger partial charge in [0.15, 0.2) is 28.5 Å². The molecule has 1 saturated carbocycles. The highest BCUT2D eigenvalue weighted by Crippen LogP contribution is 2.35.